The maximum atomic E-state index is 12.3. The first-order chi connectivity index (χ1) is 12.0. The van der Waals surface area contributed by atoms with Gasteiger partial charge in [-0.1, -0.05) is 37.3 Å². The number of carboxylic acids is 1. The minimum Gasteiger partial charge on any atom is -0.480 e. The fourth-order valence-electron chi connectivity index (χ4n) is 2.02. The van der Waals surface area contributed by atoms with Crippen molar-refractivity contribution in [3.8, 4) is 0 Å². The van der Waals surface area contributed by atoms with E-state index in [4.69, 9.17) is 9.84 Å². The number of rotatable bonds is 10. The summed E-state index contributed by atoms with van der Waals surface area (Å²) in [5, 5.41) is 14.0. The molecular weight excluding hydrogens is 344 g/mol. The van der Waals surface area contributed by atoms with Crippen LogP contribution in [0, 0.1) is 0 Å². The van der Waals surface area contributed by atoms with E-state index in [0.717, 1.165) is 5.56 Å². The average Bonchev–Trinajstić information content (AvgIpc) is 2.61. The van der Waals surface area contributed by atoms with E-state index in [-0.39, 0.29) is 13.0 Å². The van der Waals surface area contributed by atoms with Gasteiger partial charge in [-0.25, -0.2) is 9.59 Å². The van der Waals surface area contributed by atoms with Crippen molar-refractivity contribution in [2.75, 3.05) is 12.0 Å². The lowest BCUT2D eigenvalue weighted by atomic mass is 10.1. The third kappa shape index (κ3) is 7.93. The molecule has 1 aromatic rings. The van der Waals surface area contributed by atoms with Crippen LogP contribution in [0.3, 0.4) is 0 Å². The second kappa shape index (κ2) is 11.4. The highest BCUT2D eigenvalue weighted by atomic mass is 32.2. The van der Waals surface area contributed by atoms with Crippen LogP contribution in [0.15, 0.2) is 30.3 Å². The van der Waals surface area contributed by atoms with Gasteiger partial charge >= 0.3 is 12.1 Å². The zero-order chi connectivity index (χ0) is 18.7. The Morgan fingerprint density at radius 1 is 1.16 bits per heavy atom. The number of aliphatic carboxylic acids is 1. The van der Waals surface area contributed by atoms with Crippen LogP contribution in [0.5, 0.6) is 0 Å². The maximum Gasteiger partial charge on any atom is 0.408 e. The van der Waals surface area contributed by atoms with Crippen molar-refractivity contribution in [3.63, 3.8) is 0 Å². The Morgan fingerprint density at radius 2 is 1.84 bits per heavy atom. The number of nitrogens with one attached hydrogen (secondary N) is 2. The lowest BCUT2D eigenvalue weighted by Crippen LogP contribution is -2.51. The van der Waals surface area contributed by atoms with E-state index in [1.807, 2.05) is 36.6 Å². The predicted octanol–water partition coefficient (Wildman–Crippen LogP) is 2.01. The summed E-state index contributed by atoms with van der Waals surface area (Å²) in [5.41, 5.74) is 0.833. The number of benzene rings is 1. The molecule has 3 N–H and O–H groups in total. The SMILES string of the molecule is CC[C@H](NC(=O)[C@H](CCSC)NC(=O)OCc1ccccc1)C(=O)O. The van der Waals surface area contributed by atoms with E-state index in [2.05, 4.69) is 10.6 Å². The Balaban J connectivity index is 2.59. The number of carboxylic acid groups (broad SMARTS) is 1. The highest BCUT2D eigenvalue weighted by Gasteiger charge is 2.25. The molecule has 0 fully saturated rings. The molecule has 138 valence electrons. The molecule has 0 unspecified atom stereocenters. The minimum atomic E-state index is -1.11. The molecule has 0 spiro atoms. The molecule has 0 radical (unpaired) electrons. The molecule has 0 aliphatic heterocycles. The first-order valence-corrected chi connectivity index (χ1v) is 9.36. The zero-order valence-corrected chi connectivity index (χ0v) is 15.2. The third-order valence-electron chi connectivity index (χ3n) is 3.45. The van der Waals surface area contributed by atoms with Gasteiger partial charge in [-0.05, 0) is 30.4 Å². The van der Waals surface area contributed by atoms with Crippen LogP contribution in [0.25, 0.3) is 0 Å². The van der Waals surface area contributed by atoms with Gasteiger partial charge in [-0.3, -0.25) is 4.79 Å². The van der Waals surface area contributed by atoms with Crippen LogP contribution < -0.4 is 10.6 Å². The number of hydrogen-bond donors (Lipinski definition) is 3. The molecule has 0 heterocycles. The Kier molecular flexibility index (Phi) is 9.46. The van der Waals surface area contributed by atoms with E-state index in [1.165, 1.54) is 11.8 Å². The monoisotopic (exact) mass is 368 g/mol. The second-order valence-corrected chi connectivity index (χ2v) is 6.33. The number of carbonyl (C=O) groups excluding carboxylic acids is 2. The minimum absolute atomic E-state index is 0.0935. The number of carbonyl (C=O) groups is 3. The third-order valence-corrected chi connectivity index (χ3v) is 4.10. The first-order valence-electron chi connectivity index (χ1n) is 7.97. The standard InChI is InChI=1S/C17H24N2O5S/c1-3-13(16(21)22)18-15(20)14(9-10-25-2)19-17(23)24-11-12-7-5-4-6-8-12/h4-8,13-14H,3,9-11H2,1-2H3,(H,18,20)(H,19,23)(H,21,22)/t13-,14-/m0/s1. The highest BCUT2D eigenvalue weighted by molar-refractivity contribution is 7.98. The van der Waals surface area contributed by atoms with Crippen LogP contribution in [-0.4, -0.2) is 47.2 Å². The first kappa shape index (κ1) is 20.8. The number of ether oxygens (including phenoxy) is 1. The molecule has 0 bridgehead atoms. The van der Waals surface area contributed by atoms with E-state index in [1.54, 1.807) is 6.92 Å². The van der Waals surface area contributed by atoms with Crippen molar-refractivity contribution >= 4 is 29.7 Å². The molecule has 0 saturated heterocycles. The summed E-state index contributed by atoms with van der Waals surface area (Å²) < 4.78 is 5.11. The molecule has 0 saturated carbocycles. The molecular formula is C17H24N2O5S. The van der Waals surface area contributed by atoms with Gasteiger partial charge in [0.25, 0.3) is 0 Å². The van der Waals surface area contributed by atoms with Crippen molar-refractivity contribution in [2.45, 2.75) is 38.5 Å². The largest absolute Gasteiger partial charge is 0.480 e. The fraction of sp³-hybridized carbons (Fsp3) is 0.471. The molecule has 1 rings (SSSR count). The highest BCUT2D eigenvalue weighted by Crippen LogP contribution is 2.05. The summed E-state index contributed by atoms with van der Waals surface area (Å²) >= 11 is 1.53. The van der Waals surface area contributed by atoms with Gasteiger partial charge in [0.2, 0.25) is 5.91 Å². The van der Waals surface area contributed by atoms with Gasteiger partial charge in [0.05, 0.1) is 0 Å². The number of amides is 2. The van der Waals surface area contributed by atoms with E-state index >= 15 is 0 Å². The lowest BCUT2D eigenvalue weighted by molar-refractivity contribution is -0.142. The van der Waals surface area contributed by atoms with Crippen LogP contribution in [0.4, 0.5) is 4.79 Å². The van der Waals surface area contributed by atoms with Crippen molar-refractivity contribution in [1.82, 2.24) is 10.6 Å². The van der Waals surface area contributed by atoms with Crippen LogP contribution in [0.1, 0.15) is 25.3 Å². The summed E-state index contributed by atoms with van der Waals surface area (Å²) in [7, 11) is 0. The predicted molar refractivity (Wildman–Crippen MR) is 96.4 cm³/mol. The van der Waals surface area contributed by atoms with Crippen molar-refractivity contribution < 1.29 is 24.2 Å². The summed E-state index contributed by atoms with van der Waals surface area (Å²) in [6.07, 6.45) is 1.81. The number of hydrogen-bond acceptors (Lipinski definition) is 5. The van der Waals surface area contributed by atoms with Crippen LogP contribution in [0.2, 0.25) is 0 Å². The number of alkyl carbamates (subject to hydrolysis) is 1. The van der Waals surface area contributed by atoms with Gasteiger partial charge in [-0.15, -0.1) is 0 Å². The molecule has 1 aromatic carbocycles. The zero-order valence-electron chi connectivity index (χ0n) is 14.4. The van der Waals surface area contributed by atoms with Crippen LogP contribution in [-0.2, 0) is 20.9 Å². The molecule has 7 nitrogen and oxygen atoms in total. The van der Waals surface area contributed by atoms with Gasteiger partial charge in [-0.2, -0.15) is 11.8 Å². The molecule has 0 aliphatic carbocycles. The number of thioether (sulfide) groups is 1. The Bertz CT molecular complexity index is 567. The van der Waals surface area contributed by atoms with Crippen molar-refractivity contribution in [2.24, 2.45) is 0 Å². The normalized spacial score (nSPS) is 12.7. The molecule has 25 heavy (non-hydrogen) atoms. The summed E-state index contributed by atoms with van der Waals surface area (Å²) in [6, 6.07) is 7.35. The quantitative estimate of drug-likeness (QED) is 0.583. The second-order valence-electron chi connectivity index (χ2n) is 5.35. The van der Waals surface area contributed by atoms with Gasteiger partial charge < -0.3 is 20.5 Å². The summed E-state index contributed by atoms with van der Waals surface area (Å²) in [5.74, 6) is -0.993. The van der Waals surface area contributed by atoms with Crippen molar-refractivity contribution in [3.05, 3.63) is 35.9 Å². The fourth-order valence-corrected chi connectivity index (χ4v) is 2.49. The van der Waals surface area contributed by atoms with Gasteiger partial charge in [0.15, 0.2) is 0 Å². The topological polar surface area (TPSA) is 105 Å². The van der Waals surface area contributed by atoms with Crippen LogP contribution >= 0.6 is 11.8 Å². The average molecular weight is 368 g/mol. The Morgan fingerprint density at radius 3 is 2.40 bits per heavy atom. The van der Waals surface area contributed by atoms with Crippen molar-refractivity contribution in [1.29, 1.82) is 0 Å². The Hall–Kier alpha value is -2.22. The maximum absolute atomic E-state index is 12.3. The van der Waals surface area contributed by atoms with Gasteiger partial charge in [0, 0.05) is 0 Å². The van der Waals surface area contributed by atoms with E-state index < -0.39 is 30.1 Å². The smallest absolute Gasteiger partial charge is 0.408 e. The summed E-state index contributed by atoms with van der Waals surface area (Å²) in [6.45, 7) is 1.76. The molecule has 0 aromatic heterocycles. The Labute approximate surface area is 151 Å². The summed E-state index contributed by atoms with van der Waals surface area (Å²) in [4.78, 5) is 35.3. The molecule has 0 aliphatic rings. The molecule has 2 amide bonds. The van der Waals surface area contributed by atoms with E-state index in [0.29, 0.717) is 12.2 Å². The van der Waals surface area contributed by atoms with Gasteiger partial charge in [0.1, 0.15) is 18.7 Å². The molecule has 8 heteroatoms. The molecule has 2 atom stereocenters. The van der Waals surface area contributed by atoms with E-state index in [9.17, 15) is 14.4 Å². The lowest BCUT2D eigenvalue weighted by Gasteiger charge is -2.20.